The van der Waals surface area contributed by atoms with Crippen LogP contribution in [0.1, 0.15) is 31.3 Å². The van der Waals surface area contributed by atoms with E-state index in [1.165, 1.54) is 44.6 Å². The Hall–Kier alpha value is -3.09. The molecule has 0 aliphatic carbocycles. The molecule has 7 heteroatoms. The summed E-state index contributed by atoms with van der Waals surface area (Å²) in [7, 11) is 2.48. The van der Waals surface area contributed by atoms with Gasteiger partial charge in [-0.25, -0.2) is 9.59 Å². The average molecular weight is 303 g/mol. The van der Waals surface area contributed by atoms with Crippen LogP contribution in [0.4, 0.5) is 0 Å². The number of carbonyl (C=O) groups is 3. The van der Waals surface area contributed by atoms with Gasteiger partial charge in [0.05, 0.1) is 25.3 Å². The monoisotopic (exact) mass is 303 g/mol. The lowest BCUT2D eigenvalue weighted by Crippen LogP contribution is -2.09. The molecule has 0 aliphatic heterocycles. The third kappa shape index (κ3) is 2.83. The van der Waals surface area contributed by atoms with E-state index in [1.807, 2.05) is 0 Å². The largest absolute Gasteiger partial charge is 0.465 e. The summed E-state index contributed by atoms with van der Waals surface area (Å²) in [4.78, 5) is 34.6. The molecule has 2 rings (SSSR count). The Morgan fingerprint density at radius 1 is 1.00 bits per heavy atom. The van der Waals surface area contributed by atoms with Gasteiger partial charge < -0.3 is 19.6 Å². The number of primary amides is 1. The Morgan fingerprint density at radius 2 is 1.68 bits per heavy atom. The van der Waals surface area contributed by atoms with E-state index < -0.39 is 17.8 Å². The molecule has 0 radical (unpaired) electrons. The van der Waals surface area contributed by atoms with Gasteiger partial charge in [0.1, 0.15) is 5.76 Å². The van der Waals surface area contributed by atoms with Gasteiger partial charge in [-0.2, -0.15) is 0 Å². The van der Waals surface area contributed by atoms with E-state index in [0.29, 0.717) is 5.56 Å². The average Bonchev–Trinajstić information content (AvgIpc) is 3.02. The summed E-state index contributed by atoms with van der Waals surface area (Å²) >= 11 is 0. The van der Waals surface area contributed by atoms with Crippen LogP contribution in [-0.2, 0) is 9.47 Å². The fourth-order valence-corrected chi connectivity index (χ4v) is 1.90. The van der Waals surface area contributed by atoms with Crippen molar-refractivity contribution in [2.75, 3.05) is 14.2 Å². The number of nitrogens with two attached hydrogens (primary N) is 1. The minimum Gasteiger partial charge on any atom is -0.465 e. The molecule has 22 heavy (non-hydrogen) atoms. The molecule has 0 fully saturated rings. The van der Waals surface area contributed by atoms with Crippen LogP contribution in [0.5, 0.6) is 0 Å². The van der Waals surface area contributed by atoms with Gasteiger partial charge in [0.25, 0.3) is 5.91 Å². The maximum atomic E-state index is 11.8. The van der Waals surface area contributed by atoms with Crippen molar-refractivity contribution in [1.29, 1.82) is 0 Å². The number of carbonyl (C=O) groups excluding carboxylic acids is 3. The normalized spacial score (nSPS) is 10.1. The number of rotatable bonds is 4. The highest BCUT2D eigenvalue weighted by atomic mass is 16.5. The van der Waals surface area contributed by atoms with Crippen LogP contribution >= 0.6 is 0 Å². The molecule has 1 heterocycles. The molecule has 0 spiro atoms. The third-order valence-electron chi connectivity index (χ3n) is 2.96. The van der Waals surface area contributed by atoms with Crippen molar-refractivity contribution in [3.05, 3.63) is 47.2 Å². The number of benzene rings is 1. The second kappa shape index (κ2) is 6.13. The highest BCUT2D eigenvalue weighted by Gasteiger charge is 2.19. The smallest absolute Gasteiger partial charge is 0.338 e. The van der Waals surface area contributed by atoms with Gasteiger partial charge in [-0.05, 0) is 30.3 Å². The summed E-state index contributed by atoms with van der Waals surface area (Å²) in [6.45, 7) is 0. The van der Waals surface area contributed by atoms with Crippen molar-refractivity contribution >= 4 is 17.8 Å². The molecule has 0 unspecified atom stereocenters. The zero-order valence-corrected chi connectivity index (χ0v) is 11.9. The van der Waals surface area contributed by atoms with Crippen LogP contribution in [0.3, 0.4) is 0 Å². The Bertz CT molecular complexity index is 746. The maximum Gasteiger partial charge on any atom is 0.338 e. The van der Waals surface area contributed by atoms with Gasteiger partial charge in [-0.3, -0.25) is 4.79 Å². The zero-order valence-electron chi connectivity index (χ0n) is 11.9. The van der Waals surface area contributed by atoms with Gasteiger partial charge in [0.15, 0.2) is 5.76 Å². The Kier molecular flexibility index (Phi) is 4.26. The maximum absolute atomic E-state index is 11.8. The molecular weight excluding hydrogens is 290 g/mol. The van der Waals surface area contributed by atoms with E-state index >= 15 is 0 Å². The molecular formula is C15H13NO6. The van der Waals surface area contributed by atoms with E-state index in [2.05, 4.69) is 4.74 Å². The second-order valence-electron chi connectivity index (χ2n) is 4.27. The van der Waals surface area contributed by atoms with Crippen LogP contribution in [0.2, 0.25) is 0 Å². The van der Waals surface area contributed by atoms with Crippen molar-refractivity contribution in [3.8, 4) is 11.3 Å². The van der Waals surface area contributed by atoms with Crippen molar-refractivity contribution in [3.63, 3.8) is 0 Å². The van der Waals surface area contributed by atoms with Gasteiger partial charge >= 0.3 is 11.9 Å². The van der Waals surface area contributed by atoms with Gasteiger partial charge in [-0.1, -0.05) is 0 Å². The fourth-order valence-electron chi connectivity index (χ4n) is 1.90. The minimum atomic E-state index is -0.741. The Balaban J connectivity index is 2.60. The highest BCUT2D eigenvalue weighted by Crippen LogP contribution is 2.28. The molecule has 1 aromatic heterocycles. The number of amides is 1. The van der Waals surface area contributed by atoms with Gasteiger partial charge in [0, 0.05) is 5.56 Å². The molecule has 114 valence electrons. The van der Waals surface area contributed by atoms with Gasteiger partial charge in [0.2, 0.25) is 0 Å². The molecule has 0 atom stereocenters. The van der Waals surface area contributed by atoms with Gasteiger partial charge in [-0.15, -0.1) is 0 Å². The molecule has 7 nitrogen and oxygen atoms in total. The third-order valence-corrected chi connectivity index (χ3v) is 2.96. The predicted molar refractivity (Wildman–Crippen MR) is 75.3 cm³/mol. The molecule has 2 aromatic rings. The van der Waals surface area contributed by atoms with E-state index in [1.54, 1.807) is 0 Å². The lowest BCUT2D eigenvalue weighted by Gasteiger charge is -2.08. The van der Waals surface area contributed by atoms with Crippen LogP contribution in [-0.4, -0.2) is 32.1 Å². The molecule has 0 bridgehead atoms. The Labute approximate surface area is 125 Å². The van der Waals surface area contributed by atoms with Crippen LogP contribution < -0.4 is 5.73 Å². The molecule has 1 aromatic carbocycles. The summed E-state index contributed by atoms with van der Waals surface area (Å²) in [5.74, 6) is -1.77. The quantitative estimate of drug-likeness (QED) is 0.860. The topological polar surface area (TPSA) is 109 Å². The molecule has 1 amide bonds. The fraction of sp³-hybridized carbons (Fsp3) is 0.133. The van der Waals surface area contributed by atoms with Crippen molar-refractivity contribution in [1.82, 2.24) is 0 Å². The molecule has 2 N–H and O–H groups in total. The van der Waals surface area contributed by atoms with E-state index in [-0.39, 0.29) is 22.6 Å². The van der Waals surface area contributed by atoms with Crippen molar-refractivity contribution in [2.24, 2.45) is 5.73 Å². The van der Waals surface area contributed by atoms with Crippen LogP contribution in [0, 0.1) is 0 Å². The number of hydrogen-bond acceptors (Lipinski definition) is 6. The molecule has 0 saturated heterocycles. The zero-order chi connectivity index (χ0) is 16.3. The summed E-state index contributed by atoms with van der Waals surface area (Å²) < 4.78 is 14.6. The van der Waals surface area contributed by atoms with Crippen LogP contribution in [0.15, 0.2) is 34.7 Å². The van der Waals surface area contributed by atoms with E-state index in [4.69, 9.17) is 14.9 Å². The number of esters is 2. The van der Waals surface area contributed by atoms with Crippen LogP contribution in [0.25, 0.3) is 11.3 Å². The first kappa shape index (κ1) is 15.3. The SMILES string of the molecule is COC(=O)c1ccc(C(=O)OC)c(-c2ccc(C(N)=O)o2)c1. The summed E-state index contributed by atoms with van der Waals surface area (Å²) in [6.07, 6.45) is 0. The number of ether oxygens (including phenoxy) is 2. The van der Waals surface area contributed by atoms with E-state index in [9.17, 15) is 14.4 Å². The lowest BCUT2D eigenvalue weighted by atomic mass is 10.0. The van der Waals surface area contributed by atoms with Crippen molar-refractivity contribution < 1.29 is 28.3 Å². The standard InChI is InChI=1S/C15H13NO6/c1-20-14(18)8-3-4-9(15(19)21-2)10(7-8)11-5-6-12(22-11)13(16)17/h3-7H,1-2H3,(H2,16,17). The Morgan fingerprint density at radius 3 is 2.23 bits per heavy atom. The summed E-state index contributed by atoms with van der Waals surface area (Å²) in [5.41, 5.74) is 5.83. The number of methoxy groups -OCH3 is 2. The number of hydrogen-bond donors (Lipinski definition) is 1. The first-order valence-corrected chi connectivity index (χ1v) is 6.18. The van der Waals surface area contributed by atoms with Crippen molar-refractivity contribution in [2.45, 2.75) is 0 Å². The second-order valence-corrected chi connectivity index (χ2v) is 4.27. The number of furan rings is 1. The highest BCUT2D eigenvalue weighted by molar-refractivity contribution is 6.00. The predicted octanol–water partition coefficient (Wildman–Crippen LogP) is 1.62. The molecule has 0 saturated carbocycles. The summed E-state index contributed by atoms with van der Waals surface area (Å²) in [5, 5.41) is 0. The first-order valence-electron chi connectivity index (χ1n) is 6.18. The van der Waals surface area contributed by atoms with E-state index in [0.717, 1.165) is 0 Å². The minimum absolute atomic E-state index is 0.0608. The first-order chi connectivity index (χ1) is 10.5. The summed E-state index contributed by atoms with van der Waals surface area (Å²) in [6, 6.07) is 7.12. The molecule has 0 aliphatic rings. The lowest BCUT2D eigenvalue weighted by molar-refractivity contribution is 0.0587.